The zero-order valence-corrected chi connectivity index (χ0v) is 16.7. The van der Waals surface area contributed by atoms with Gasteiger partial charge >= 0.3 is 0 Å². The average molecular weight is 435 g/mol. The summed E-state index contributed by atoms with van der Waals surface area (Å²) in [6.45, 7) is 0. The van der Waals surface area contributed by atoms with Gasteiger partial charge in [0.25, 0.3) is 17.5 Å². The summed E-state index contributed by atoms with van der Waals surface area (Å²) in [7, 11) is 0. The summed E-state index contributed by atoms with van der Waals surface area (Å²) in [5.74, 6) is 0.154. The third-order valence-electron chi connectivity index (χ3n) is 4.48. The van der Waals surface area contributed by atoms with Crippen LogP contribution in [0.1, 0.15) is 21.7 Å². The minimum atomic E-state index is -0.592. The first kappa shape index (κ1) is 20.2. The maximum absolute atomic E-state index is 12.8. The summed E-state index contributed by atoms with van der Waals surface area (Å²) in [5.41, 5.74) is 1.72. The molecular formula is C22H15ClN4O4. The van der Waals surface area contributed by atoms with Gasteiger partial charge in [-0.25, -0.2) is 0 Å². The molecule has 4 rings (SSSR count). The molecule has 0 radical (unpaired) electrons. The first-order valence-electron chi connectivity index (χ1n) is 9.22. The number of non-ortho nitro benzene ring substituents is 1. The molecule has 0 aliphatic carbocycles. The number of aromatic nitrogens is 2. The number of carbonyl (C=O) groups excluding carboxylic acids is 1. The van der Waals surface area contributed by atoms with Crippen LogP contribution in [0.3, 0.4) is 0 Å². The van der Waals surface area contributed by atoms with E-state index < -0.39 is 10.8 Å². The third kappa shape index (κ3) is 4.59. The number of nitrogens with one attached hydrogen (secondary N) is 1. The number of benzene rings is 3. The van der Waals surface area contributed by atoms with Crippen molar-refractivity contribution in [1.82, 2.24) is 10.1 Å². The number of hydrogen-bond donors (Lipinski definition) is 1. The van der Waals surface area contributed by atoms with Crippen LogP contribution in [-0.4, -0.2) is 21.0 Å². The molecule has 0 spiro atoms. The van der Waals surface area contributed by atoms with Crippen molar-refractivity contribution in [2.24, 2.45) is 0 Å². The van der Waals surface area contributed by atoms with Gasteiger partial charge in [0, 0.05) is 18.6 Å². The van der Waals surface area contributed by atoms with Gasteiger partial charge in [0.15, 0.2) is 5.82 Å². The molecule has 1 amide bonds. The van der Waals surface area contributed by atoms with Crippen molar-refractivity contribution < 1.29 is 14.2 Å². The molecule has 154 valence electrons. The monoisotopic (exact) mass is 434 g/mol. The number of carbonyl (C=O) groups is 1. The molecule has 1 N–H and O–H groups in total. The van der Waals surface area contributed by atoms with E-state index in [1.165, 1.54) is 12.1 Å². The fourth-order valence-electron chi connectivity index (χ4n) is 2.98. The molecule has 0 bridgehead atoms. The first-order valence-corrected chi connectivity index (χ1v) is 9.60. The molecule has 1 aromatic heterocycles. The fraction of sp³-hybridized carbons (Fsp3) is 0.0455. The zero-order valence-electron chi connectivity index (χ0n) is 16.0. The van der Waals surface area contributed by atoms with Crippen LogP contribution in [-0.2, 0) is 6.42 Å². The van der Waals surface area contributed by atoms with Crippen molar-refractivity contribution >= 4 is 28.9 Å². The predicted molar refractivity (Wildman–Crippen MR) is 115 cm³/mol. The van der Waals surface area contributed by atoms with Crippen LogP contribution < -0.4 is 5.32 Å². The smallest absolute Gasteiger partial charge is 0.270 e. The molecule has 0 unspecified atom stereocenters. The van der Waals surface area contributed by atoms with Crippen LogP contribution in [0, 0.1) is 10.1 Å². The summed E-state index contributed by atoms with van der Waals surface area (Å²) in [4.78, 5) is 27.6. The highest BCUT2D eigenvalue weighted by molar-refractivity contribution is 6.34. The molecule has 0 aliphatic heterocycles. The second-order valence-corrected chi connectivity index (χ2v) is 7.01. The minimum absolute atomic E-state index is 0.0130. The van der Waals surface area contributed by atoms with Gasteiger partial charge in [0.1, 0.15) is 0 Å². The van der Waals surface area contributed by atoms with Gasteiger partial charge < -0.3 is 9.84 Å². The highest BCUT2D eigenvalue weighted by Gasteiger charge is 2.19. The number of nitro benzene ring substituents is 1. The van der Waals surface area contributed by atoms with Gasteiger partial charge in [0.05, 0.1) is 26.8 Å². The fourth-order valence-corrected chi connectivity index (χ4v) is 3.19. The standard InChI is InChI=1S/C22H15ClN4O4/c23-18-11-10-15(27(29)30)13-17(18)21(28)24-19-9-5-4-8-16(19)22-25-20(26-31-22)12-14-6-2-1-3-7-14/h1-11,13H,12H2,(H,24,28). The molecule has 9 heteroatoms. The van der Waals surface area contributed by atoms with Gasteiger partial charge in [-0.3, -0.25) is 14.9 Å². The van der Waals surface area contributed by atoms with Crippen molar-refractivity contribution in [2.45, 2.75) is 6.42 Å². The highest BCUT2D eigenvalue weighted by atomic mass is 35.5. The Morgan fingerprint density at radius 1 is 1.06 bits per heavy atom. The quantitative estimate of drug-likeness (QED) is 0.332. The Morgan fingerprint density at radius 2 is 1.81 bits per heavy atom. The largest absolute Gasteiger partial charge is 0.334 e. The van der Waals surface area contributed by atoms with Gasteiger partial charge in [-0.15, -0.1) is 0 Å². The van der Waals surface area contributed by atoms with Crippen LogP contribution in [0.2, 0.25) is 5.02 Å². The summed E-state index contributed by atoms with van der Waals surface area (Å²) in [5, 5.41) is 17.9. The van der Waals surface area contributed by atoms with Crippen LogP contribution in [0.15, 0.2) is 77.3 Å². The number of halogens is 1. The minimum Gasteiger partial charge on any atom is -0.334 e. The first-order chi connectivity index (χ1) is 15.0. The lowest BCUT2D eigenvalue weighted by molar-refractivity contribution is -0.384. The third-order valence-corrected chi connectivity index (χ3v) is 4.81. The summed E-state index contributed by atoms with van der Waals surface area (Å²) in [6, 6.07) is 20.3. The molecular weight excluding hydrogens is 420 g/mol. The number of nitro groups is 1. The molecule has 0 saturated heterocycles. The van der Waals surface area contributed by atoms with Crippen molar-refractivity contribution in [3.05, 3.63) is 105 Å². The molecule has 31 heavy (non-hydrogen) atoms. The van der Waals surface area contributed by atoms with Gasteiger partial charge in [0.2, 0.25) is 0 Å². The Balaban J connectivity index is 1.59. The molecule has 0 aliphatic rings. The molecule has 3 aromatic carbocycles. The van der Waals surface area contributed by atoms with Gasteiger partial charge in [-0.1, -0.05) is 59.2 Å². The Kier molecular flexibility index (Phi) is 5.72. The van der Waals surface area contributed by atoms with Gasteiger partial charge in [-0.2, -0.15) is 4.98 Å². The lowest BCUT2D eigenvalue weighted by Gasteiger charge is -2.09. The summed E-state index contributed by atoms with van der Waals surface area (Å²) < 4.78 is 5.40. The summed E-state index contributed by atoms with van der Waals surface area (Å²) in [6.07, 6.45) is 0.502. The van der Waals surface area contributed by atoms with Crippen molar-refractivity contribution in [3.8, 4) is 11.5 Å². The predicted octanol–water partition coefficient (Wildman–Crippen LogP) is 5.14. The lowest BCUT2D eigenvalue weighted by Crippen LogP contribution is -2.13. The maximum Gasteiger partial charge on any atom is 0.270 e. The molecule has 1 heterocycles. The Morgan fingerprint density at radius 3 is 2.58 bits per heavy atom. The SMILES string of the molecule is O=C(Nc1ccccc1-c1nc(Cc2ccccc2)no1)c1cc([N+](=O)[O-])ccc1Cl. The van der Waals surface area contributed by atoms with E-state index in [0.29, 0.717) is 23.5 Å². The van der Waals surface area contributed by atoms with Crippen LogP contribution >= 0.6 is 11.6 Å². The zero-order chi connectivity index (χ0) is 21.8. The topological polar surface area (TPSA) is 111 Å². The van der Waals surface area contributed by atoms with E-state index in [-0.39, 0.29) is 22.2 Å². The number of amides is 1. The van der Waals surface area contributed by atoms with Gasteiger partial charge in [-0.05, 0) is 23.8 Å². The number of para-hydroxylation sites is 1. The van der Waals surface area contributed by atoms with Crippen molar-refractivity contribution in [1.29, 1.82) is 0 Å². The highest BCUT2D eigenvalue weighted by Crippen LogP contribution is 2.29. The van der Waals surface area contributed by atoms with E-state index in [1.54, 1.807) is 24.3 Å². The van der Waals surface area contributed by atoms with Crippen LogP contribution in [0.5, 0.6) is 0 Å². The van der Waals surface area contributed by atoms with E-state index in [4.69, 9.17) is 16.1 Å². The average Bonchev–Trinajstić information content (AvgIpc) is 3.23. The normalized spacial score (nSPS) is 10.6. The van der Waals surface area contributed by atoms with Crippen LogP contribution in [0.25, 0.3) is 11.5 Å². The van der Waals surface area contributed by atoms with Crippen molar-refractivity contribution in [2.75, 3.05) is 5.32 Å². The van der Waals surface area contributed by atoms with E-state index in [1.807, 2.05) is 30.3 Å². The Hall–Kier alpha value is -4.04. The van der Waals surface area contributed by atoms with E-state index in [9.17, 15) is 14.9 Å². The van der Waals surface area contributed by atoms with Crippen LogP contribution in [0.4, 0.5) is 11.4 Å². The Bertz CT molecular complexity index is 1260. The maximum atomic E-state index is 12.8. The molecule has 0 atom stereocenters. The summed E-state index contributed by atoms with van der Waals surface area (Å²) >= 11 is 6.07. The van der Waals surface area contributed by atoms with Crippen molar-refractivity contribution in [3.63, 3.8) is 0 Å². The van der Waals surface area contributed by atoms with E-state index in [0.717, 1.165) is 11.6 Å². The molecule has 0 fully saturated rings. The number of anilines is 1. The number of hydrogen-bond acceptors (Lipinski definition) is 6. The second kappa shape index (κ2) is 8.76. The number of nitrogens with zero attached hydrogens (tertiary/aromatic N) is 3. The molecule has 0 saturated carbocycles. The second-order valence-electron chi connectivity index (χ2n) is 6.60. The number of rotatable bonds is 6. The van der Waals surface area contributed by atoms with E-state index in [2.05, 4.69) is 15.5 Å². The molecule has 4 aromatic rings. The molecule has 8 nitrogen and oxygen atoms in total. The van der Waals surface area contributed by atoms with E-state index >= 15 is 0 Å². The lowest BCUT2D eigenvalue weighted by atomic mass is 10.1. The Labute approximate surface area is 181 Å².